The number of nitrogens with zero attached hydrogens (tertiary/aromatic N) is 2. The van der Waals surface area contributed by atoms with Gasteiger partial charge in [-0.25, -0.2) is 9.97 Å². The van der Waals surface area contributed by atoms with E-state index < -0.39 is 0 Å². The number of anilines is 2. The predicted molar refractivity (Wildman–Crippen MR) is 122 cm³/mol. The van der Waals surface area contributed by atoms with Gasteiger partial charge < -0.3 is 5.32 Å². The van der Waals surface area contributed by atoms with E-state index in [4.69, 9.17) is 9.97 Å². The number of aryl methyl sites for hydroxylation is 1. The van der Waals surface area contributed by atoms with Gasteiger partial charge in [0.2, 0.25) is 0 Å². The molecule has 1 N–H and O–H groups in total. The molecule has 0 bridgehead atoms. The fraction of sp³-hybridized carbons (Fsp3) is 0.346. The Balaban J connectivity index is 1.70. The van der Waals surface area contributed by atoms with Gasteiger partial charge in [0, 0.05) is 28.9 Å². The number of carbonyl (C=O) groups is 1. The lowest BCUT2D eigenvalue weighted by atomic mass is 10.0. The first-order valence-corrected chi connectivity index (χ1v) is 11.0. The van der Waals surface area contributed by atoms with Crippen LogP contribution in [0.4, 0.5) is 11.5 Å². The maximum atomic E-state index is 11.4. The summed E-state index contributed by atoms with van der Waals surface area (Å²) in [6.07, 6.45) is 8.67. The topological polar surface area (TPSA) is 54.9 Å². The normalized spacial score (nSPS) is 14.2. The van der Waals surface area contributed by atoms with Crippen LogP contribution in [-0.2, 0) is 24.1 Å². The number of hydrogen-bond acceptors (Lipinski definition) is 4. The quantitative estimate of drug-likeness (QED) is 0.566. The van der Waals surface area contributed by atoms with Crippen molar-refractivity contribution in [2.24, 2.45) is 0 Å². The lowest BCUT2D eigenvalue weighted by Gasteiger charge is -2.16. The molecule has 3 aromatic rings. The number of nitrogens with one attached hydrogen (secondary N) is 1. The van der Waals surface area contributed by atoms with Crippen molar-refractivity contribution in [2.75, 3.05) is 5.32 Å². The third-order valence-electron chi connectivity index (χ3n) is 5.63. The van der Waals surface area contributed by atoms with Crippen molar-refractivity contribution < 1.29 is 4.79 Å². The molecule has 0 aliphatic heterocycles. The third-order valence-corrected chi connectivity index (χ3v) is 5.63. The first-order chi connectivity index (χ1) is 14.7. The molecule has 0 atom stereocenters. The van der Waals surface area contributed by atoms with Crippen LogP contribution in [0.3, 0.4) is 0 Å². The first kappa shape index (κ1) is 20.3. The Morgan fingerprint density at radius 2 is 1.57 bits per heavy atom. The van der Waals surface area contributed by atoms with Crippen molar-refractivity contribution in [1.29, 1.82) is 0 Å². The maximum Gasteiger partial charge on any atom is 0.161 e. The molecule has 0 saturated heterocycles. The molecule has 4 heteroatoms. The molecule has 1 aromatic heterocycles. The van der Waals surface area contributed by atoms with E-state index in [0.717, 1.165) is 41.3 Å². The summed E-state index contributed by atoms with van der Waals surface area (Å²) >= 11 is 0. The van der Waals surface area contributed by atoms with Crippen LogP contribution < -0.4 is 5.32 Å². The Labute approximate surface area is 178 Å². The van der Waals surface area contributed by atoms with Gasteiger partial charge in [0.05, 0.1) is 0 Å². The molecule has 0 amide bonds. The van der Waals surface area contributed by atoms with Crippen LogP contribution in [0.5, 0.6) is 0 Å². The highest BCUT2D eigenvalue weighted by atomic mass is 16.1. The number of aromatic nitrogens is 2. The van der Waals surface area contributed by atoms with E-state index in [2.05, 4.69) is 17.4 Å². The highest BCUT2D eigenvalue weighted by Crippen LogP contribution is 2.29. The van der Waals surface area contributed by atoms with E-state index in [-0.39, 0.29) is 5.78 Å². The van der Waals surface area contributed by atoms with Crippen molar-refractivity contribution in [3.63, 3.8) is 0 Å². The maximum absolute atomic E-state index is 11.4. The number of Topliss-reactive ketones (excluding diaryl/α,β-unsaturated/α-hetero) is 1. The molecule has 4 nitrogen and oxygen atoms in total. The Morgan fingerprint density at radius 3 is 2.30 bits per heavy atom. The average Bonchev–Trinajstić information content (AvgIpc) is 2.87. The van der Waals surface area contributed by atoms with Crippen LogP contribution in [-0.4, -0.2) is 15.8 Å². The molecule has 4 rings (SSSR count). The van der Waals surface area contributed by atoms with Gasteiger partial charge in [0.15, 0.2) is 5.82 Å². The van der Waals surface area contributed by atoms with Gasteiger partial charge in [-0.3, -0.25) is 4.79 Å². The summed E-state index contributed by atoms with van der Waals surface area (Å²) in [5, 5.41) is 3.56. The zero-order valence-corrected chi connectivity index (χ0v) is 17.7. The Hall–Kier alpha value is -3.01. The smallest absolute Gasteiger partial charge is 0.161 e. The minimum absolute atomic E-state index is 0.177. The standard InChI is InChI=1S/C26H29N3O/c1-19(30)18-20-14-16-22(17-15-20)27-26-23-12-8-3-2-4-9-13-24(23)28-25(29-26)21-10-6-5-7-11-21/h5-7,10-11,14-17H,2-4,8-9,12-13,18H2,1H3,(H,27,28,29). The van der Waals surface area contributed by atoms with Gasteiger partial charge in [-0.15, -0.1) is 0 Å². The van der Waals surface area contributed by atoms with E-state index in [1.807, 2.05) is 42.5 Å². The molecule has 0 spiro atoms. The first-order valence-electron chi connectivity index (χ1n) is 11.0. The molecule has 1 aliphatic rings. The summed E-state index contributed by atoms with van der Waals surface area (Å²) in [7, 11) is 0. The van der Waals surface area contributed by atoms with E-state index in [0.29, 0.717) is 6.42 Å². The average molecular weight is 400 g/mol. The lowest BCUT2D eigenvalue weighted by Crippen LogP contribution is -2.08. The van der Waals surface area contributed by atoms with Crippen LogP contribution in [0.25, 0.3) is 11.4 Å². The third kappa shape index (κ3) is 5.12. The number of ketones is 1. The van der Waals surface area contributed by atoms with Gasteiger partial charge in [0.1, 0.15) is 11.6 Å². The SMILES string of the molecule is CC(=O)Cc1ccc(Nc2nc(-c3ccccc3)nc3c2CCCCCCC3)cc1. The molecule has 154 valence electrons. The summed E-state index contributed by atoms with van der Waals surface area (Å²) in [6, 6.07) is 18.3. The fourth-order valence-corrected chi connectivity index (χ4v) is 4.07. The molecule has 0 fully saturated rings. The van der Waals surface area contributed by atoms with Crippen molar-refractivity contribution in [3.05, 3.63) is 71.4 Å². The number of fused-ring (bicyclic) bond motifs is 1. The molecule has 30 heavy (non-hydrogen) atoms. The number of rotatable bonds is 5. The zero-order valence-electron chi connectivity index (χ0n) is 17.7. The van der Waals surface area contributed by atoms with E-state index in [1.54, 1.807) is 6.92 Å². The fourth-order valence-electron chi connectivity index (χ4n) is 4.07. The minimum Gasteiger partial charge on any atom is -0.340 e. The van der Waals surface area contributed by atoms with Crippen LogP contribution in [0.1, 0.15) is 55.8 Å². The van der Waals surface area contributed by atoms with Crippen molar-refractivity contribution in [2.45, 2.75) is 58.3 Å². The van der Waals surface area contributed by atoms with Crippen LogP contribution in [0.2, 0.25) is 0 Å². The van der Waals surface area contributed by atoms with E-state index >= 15 is 0 Å². The zero-order chi connectivity index (χ0) is 20.8. The Morgan fingerprint density at radius 1 is 0.867 bits per heavy atom. The minimum atomic E-state index is 0.177. The van der Waals surface area contributed by atoms with Crippen LogP contribution in [0, 0.1) is 0 Å². The van der Waals surface area contributed by atoms with Gasteiger partial charge in [-0.05, 0) is 50.3 Å². The number of carbonyl (C=O) groups excluding carboxylic acids is 1. The van der Waals surface area contributed by atoms with Crippen molar-refractivity contribution in [1.82, 2.24) is 9.97 Å². The molecular weight excluding hydrogens is 370 g/mol. The molecular formula is C26H29N3O. The van der Waals surface area contributed by atoms with E-state index in [9.17, 15) is 4.79 Å². The second-order valence-corrected chi connectivity index (χ2v) is 8.16. The monoisotopic (exact) mass is 399 g/mol. The lowest BCUT2D eigenvalue weighted by molar-refractivity contribution is -0.116. The number of hydrogen-bond donors (Lipinski definition) is 1. The summed E-state index contributed by atoms with van der Waals surface area (Å²) < 4.78 is 0. The molecule has 1 heterocycles. The summed E-state index contributed by atoms with van der Waals surface area (Å²) in [5.74, 6) is 1.88. The molecule has 0 radical (unpaired) electrons. The Kier molecular flexibility index (Phi) is 6.53. The summed E-state index contributed by atoms with van der Waals surface area (Å²) in [6.45, 7) is 1.62. The van der Waals surface area contributed by atoms with Crippen LogP contribution in [0.15, 0.2) is 54.6 Å². The second-order valence-electron chi connectivity index (χ2n) is 8.16. The molecule has 0 saturated carbocycles. The molecule has 2 aromatic carbocycles. The van der Waals surface area contributed by atoms with Gasteiger partial charge >= 0.3 is 0 Å². The largest absolute Gasteiger partial charge is 0.340 e. The molecule has 1 aliphatic carbocycles. The summed E-state index contributed by atoms with van der Waals surface area (Å²) in [5.41, 5.74) is 5.50. The Bertz CT molecular complexity index is 997. The predicted octanol–water partition coefficient (Wildman–Crippen LogP) is 6.07. The van der Waals surface area contributed by atoms with Gasteiger partial charge in [0.25, 0.3) is 0 Å². The highest BCUT2D eigenvalue weighted by Gasteiger charge is 2.17. The van der Waals surface area contributed by atoms with Crippen molar-refractivity contribution in [3.8, 4) is 11.4 Å². The second kappa shape index (κ2) is 9.66. The highest BCUT2D eigenvalue weighted by molar-refractivity contribution is 5.78. The number of benzene rings is 2. The van der Waals surface area contributed by atoms with E-state index in [1.165, 1.54) is 43.4 Å². The van der Waals surface area contributed by atoms with Gasteiger partial charge in [-0.1, -0.05) is 61.7 Å². The van der Waals surface area contributed by atoms with Crippen molar-refractivity contribution >= 4 is 17.3 Å². The van der Waals surface area contributed by atoms with Crippen LogP contribution >= 0.6 is 0 Å². The van der Waals surface area contributed by atoms with Gasteiger partial charge in [-0.2, -0.15) is 0 Å². The summed E-state index contributed by atoms with van der Waals surface area (Å²) in [4.78, 5) is 21.3. The molecule has 0 unspecified atom stereocenters.